The zero-order chi connectivity index (χ0) is 22.0. The van der Waals surface area contributed by atoms with Gasteiger partial charge in [-0.25, -0.2) is 4.98 Å². The molecule has 1 amide bonds. The smallest absolute Gasteiger partial charge is 0.258 e. The molecule has 2 aromatic carbocycles. The number of fused-ring (bicyclic) bond motifs is 1. The van der Waals surface area contributed by atoms with Gasteiger partial charge in [0.15, 0.2) is 0 Å². The standard InChI is InChI=1S/C24H25Cl2N3O2/c1-2-29(15-21-27-20-14-18(26)9-10-19(20)22(30)28-21)23(31)24(11-4-3-5-12-24)16-7-6-8-17(25)13-16/h6-10,13-14H,2-5,11-12,15H2,1H3,(H,27,28,30). The number of likely N-dealkylation sites (N-methyl/N-ethyl adjacent to an activating group) is 1. The normalized spacial score (nSPS) is 15.7. The summed E-state index contributed by atoms with van der Waals surface area (Å²) in [4.78, 5) is 35.6. The number of aromatic amines is 1. The highest BCUT2D eigenvalue weighted by atomic mass is 35.5. The van der Waals surface area contributed by atoms with Crippen LogP contribution in [0, 0.1) is 0 Å². The summed E-state index contributed by atoms with van der Waals surface area (Å²) in [5, 5.41) is 1.63. The monoisotopic (exact) mass is 457 g/mol. The number of amides is 1. The molecule has 0 bridgehead atoms. The van der Waals surface area contributed by atoms with Crippen LogP contribution in [0.5, 0.6) is 0 Å². The van der Waals surface area contributed by atoms with Crippen LogP contribution in [0.4, 0.5) is 0 Å². The first-order chi connectivity index (χ1) is 14.9. The number of nitrogens with zero attached hydrogens (tertiary/aromatic N) is 2. The van der Waals surface area contributed by atoms with Gasteiger partial charge in [-0.3, -0.25) is 9.59 Å². The molecule has 4 rings (SSSR count). The van der Waals surface area contributed by atoms with Gasteiger partial charge in [-0.05, 0) is 55.7 Å². The Hall–Kier alpha value is -2.37. The third-order valence-corrected chi connectivity index (χ3v) is 6.69. The number of halogens is 2. The average Bonchev–Trinajstić information content (AvgIpc) is 2.77. The Balaban J connectivity index is 1.70. The van der Waals surface area contributed by atoms with Crippen molar-refractivity contribution in [3.8, 4) is 0 Å². The van der Waals surface area contributed by atoms with Gasteiger partial charge in [-0.1, -0.05) is 54.6 Å². The first kappa shape index (κ1) is 21.8. The molecule has 0 atom stereocenters. The van der Waals surface area contributed by atoms with Crippen LogP contribution in [-0.4, -0.2) is 27.3 Å². The van der Waals surface area contributed by atoms with Crippen LogP contribution in [0.15, 0.2) is 47.3 Å². The zero-order valence-corrected chi connectivity index (χ0v) is 19.0. The average molecular weight is 458 g/mol. The van der Waals surface area contributed by atoms with E-state index in [1.54, 1.807) is 23.1 Å². The summed E-state index contributed by atoms with van der Waals surface area (Å²) in [6, 6.07) is 12.6. The molecule has 1 aliphatic rings. The Morgan fingerprint density at radius 3 is 2.55 bits per heavy atom. The van der Waals surface area contributed by atoms with Gasteiger partial charge in [-0.2, -0.15) is 0 Å². The van der Waals surface area contributed by atoms with Gasteiger partial charge in [0.1, 0.15) is 5.82 Å². The number of aromatic nitrogens is 2. The lowest BCUT2D eigenvalue weighted by Gasteiger charge is -2.40. The minimum absolute atomic E-state index is 0.0609. The maximum Gasteiger partial charge on any atom is 0.258 e. The number of hydrogen-bond acceptors (Lipinski definition) is 3. The fourth-order valence-electron chi connectivity index (χ4n) is 4.61. The number of nitrogens with one attached hydrogen (secondary N) is 1. The van der Waals surface area contributed by atoms with Crippen molar-refractivity contribution >= 4 is 40.0 Å². The van der Waals surface area contributed by atoms with Crippen LogP contribution >= 0.6 is 23.2 Å². The van der Waals surface area contributed by atoms with Crippen molar-refractivity contribution in [3.05, 3.63) is 74.3 Å². The van der Waals surface area contributed by atoms with E-state index in [4.69, 9.17) is 23.2 Å². The van der Waals surface area contributed by atoms with E-state index in [0.717, 1.165) is 37.7 Å². The van der Waals surface area contributed by atoms with Gasteiger partial charge in [0.25, 0.3) is 5.56 Å². The van der Waals surface area contributed by atoms with Crippen molar-refractivity contribution in [2.45, 2.75) is 51.0 Å². The third-order valence-electron chi connectivity index (χ3n) is 6.22. The SMILES string of the molecule is CCN(Cc1nc2cc(Cl)ccc2c(=O)[nH]1)C(=O)C1(c2cccc(Cl)c2)CCCCC1. The van der Waals surface area contributed by atoms with E-state index in [2.05, 4.69) is 9.97 Å². The number of carbonyl (C=O) groups excluding carboxylic acids is 1. The molecule has 1 fully saturated rings. The predicted molar refractivity (Wildman–Crippen MR) is 125 cm³/mol. The fourth-order valence-corrected chi connectivity index (χ4v) is 4.97. The lowest BCUT2D eigenvalue weighted by atomic mass is 9.68. The maximum absolute atomic E-state index is 13.9. The molecule has 3 aromatic rings. The maximum atomic E-state index is 13.9. The second kappa shape index (κ2) is 9.01. The fraction of sp³-hybridized carbons (Fsp3) is 0.375. The van der Waals surface area contributed by atoms with Crippen LogP contribution in [-0.2, 0) is 16.8 Å². The largest absolute Gasteiger partial charge is 0.335 e. The molecule has 7 heteroatoms. The molecular formula is C24H25Cl2N3O2. The Morgan fingerprint density at radius 1 is 1.10 bits per heavy atom. The Kier molecular flexibility index (Phi) is 6.35. The lowest BCUT2D eigenvalue weighted by Crippen LogP contribution is -2.48. The second-order valence-corrected chi connectivity index (χ2v) is 9.02. The number of H-pyrrole nitrogens is 1. The molecule has 1 heterocycles. The highest BCUT2D eigenvalue weighted by Crippen LogP contribution is 2.42. The molecule has 5 nitrogen and oxygen atoms in total. The van der Waals surface area contributed by atoms with E-state index >= 15 is 0 Å². The van der Waals surface area contributed by atoms with Gasteiger partial charge in [0.2, 0.25) is 5.91 Å². The van der Waals surface area contributed by atoms with E-state index in [-0.39, 0.29) is 18.0 Å². The molecule has 162 valence electrons. The Bertz CT molecular complexity index is 1170. The molecule has 1 saturated carbocycles. The molecule has 1 aliphatic carbocycles. The summed E-state index contributed by atoms with van der Waals surface area (Å²) in [5.74, 6) is 0.512. The highest BCUT2D eigenvalue weighted by Gasteiger charge is 2.43. The van der Waals surface area contributed by atoms with Gasteiger partial charge in [-0.15, -0.1) is 0 Å². The van der Waals surface area contributed by atoms with Crippen molar-refractivity contribution in [1.82, 2.24) is 14.9 Å². The Morgan fingerprint density at radius 2 is 1.84 bits per heavy atom. The topological polar surface area (TPSA) is 66.1 Å². The van der Waals surface area contributed by atoms with Crippen LogP contribution in [0.3, 0.4) is 0 Å². The van der Waals surface area contributed by atoms with Crippen LogP contribution < -0.4 is 5.56 Å². The van der Waals surface area contributed by atoms with Gasteiger partial charge in [0.05, 0.1) is 22.9 Å². The number of carbonyl (C=O) groups is 1. The molecule has 0 unspecified atom stereocenters. The first-order valence-corrected chi connectivity index (χ1v) is 11.4. The van der Waals surface area contributed by atoms with Crippen molar-refractivity contribution < 1.29 is 4.79 Å². The second-order valence-electron chi connectivity index (χ2n) is 8.15. The quantitative estimate of drug-likeness (QED) is 0.551. The minimum Gasteiger partial charge on any atom is -0.335 e. The van der Waals surface area contributed by atoms with Crippen LogP contribution in [0.2, 0.25) is 10.0 Å². The summed E-state index contributed by atoms with van der Waals surface area (Å²) in [6.45, 7) is 2.69. The molecule has 0 radical (unpaired) electrons. The summed E-state index contributed by atoms with van der Waals surface area (Å²) in [7, 11) is 0. The highest BCUT2D eigenvalue weighted by molar-refractivity contribution is 6.31. The van der Waals surface area contributed by atoms with Crippen molar-refractivity contribution in [2.75, 3.05) is 6.54 Å². The Labute approximate surface area is 191 Å². The predicted octanol–water partition coefficient (Wildman–Crippen LogP) is 5.48. The lowest BCUT2D eigenvalue weighted by molar-refractivity contribution is -0.139. The summed E-state index contributed by atoms with van der Waals surface area (Å²) >= 11 is 12.4. The van der Waals surface area contributed by atoms with E-state index in [1.807, 2.05) is 31.2 Å². The molecular weight excluding hydrogens is 433 g/mol. The molecule has 0 spiro atoms. The van der Waals surface area contributed by atoms with Gasteiger partial charge in [0, 0.05) is 16.6 Å². The van der Waals surface area contributed by atoms with Crippen molar-refractivity contribution in [3.63, 3.8) is 0 Å². The van der Waals surface area contributed by atoms with Gasteiger partial charge < -0.3 is 9.88 Å². The summed E-state index contributed by atoms with van der Waals surface area (Å²) in [6.07, 6.45) is 4.71. The molecule has 0 aliphatic heterocycles. The van der Waals surface area contributed by atoms with Crippen LogP contribution in [0.25, 0.3) is 10.9 Å². The third kappa shape index (κ3) is 4.35. The summed E-state index contributed by atoms with van der Waals surface area (Å²) < 4.78 is 0. The molecule has 1 aromatic heterocycles. The van der Waals surface area contributed by atoms with E-state index in [9.17, 15) is 9.59 Å². The van der Waals surface area contributed by atoms with Gasteiger partial charge >= 0.3 is 0 Å². The summed E-state index contributed by atoms with van der Waals surface area (Å²) in [5.41, 5.74) is 0.661. The van der Waals surface area contributed by atoms with Crippen LogP contribution in [0.1, 0.15) is 50.4 Å². The number of benzene rings is 2. The number of hydrogen-bond donors (Lipinski definition) is 1. The minimum atomic E-state index is -0.598. The van der Waals surface area contributed by atoms with E-state index < -0.39 is 5.41 Å². The first-order valence-electron chi connectivity index (χ1n) is 10.7. The van der Waals surface area contributed by atoms with Crippen molar-refractivity contribution in [2.24, 2.45) is 0 Å². The van der Waals surface area contributed by atoms with E-state index in [0.29, 0.717) is 33.3 Å². The molecule has 31 heavy (non-hydrogen) atoms. The molecule has 1 N–H and O–H groups in total. The zero-order valence-electron chi connectivity index (χ0n) is 17.5. The van der Waals surface area contributed by atoms with E-state index in [1.165, 1.54) is 0 Å². The van der Waals surface area contributed by atoms with Crippen molar-refractivity contribution in [1.29, 1.82) is 0 Å². The molecule has 0 saturated heterocycles. The number of rotatable bonds is 5.